The number of hydrogen-bond acceptors (Lipinski definition) is 7. The van der Waals surface area contributed by atoms with Crippen LogP contribution < -0.4 is 9.47 Å². The number of carbonyl (C=O) groups excluding carboxylic acids is 3. The highest BCUT2D eigenvalue weighted by molar-refractivity contribution is 5.86. The lowest BCUT2D eigenvalue weighted by atomic mass is 10.1. The second-order valence-electron chi connectivity index (χ2n) is 8.25. The van der Waals surface area contributed by atoms with E-state index in [0.29, 0.717) is 30.2 Å². The van der Waals surface area contributed by atoms with Crippen LogP contribution in [0.1, 0.15) is 44.9 Å². The molecule has 0 fully saturated rings. The van der Waals surface area contributed by atoms with Crippen molar-refractivity contribution < 1.29 is 33.0 Å². The first-order chi connectivity index (χ1) is 16.8. The maximum absolute atomic E-state index is 13.3. The van der Waals surface area contributed by atoms with Crippen molar-refractivity contribution in [2.45, 2.75) is 52.6 Å². The third kappa shape index (κ3) is 8.66. The maximum Gasteiger partial charge on any atom is 0.306 e. The zero-order valence-corrected chi connectivity index (χ0v) is 21.2. The lowest BCUT2D eigenvalue weighted by Gasteiger charge is -2.30. The highest BCUT2D eigenvalue weighted by atomic mass is 16.5. The van der Waals surface area contributed by atoms with Crippen LogP contribution in [0, 0.1) is 0 Å². The van der Waals surface area contributed by atoms with E-state index in [9.17, 15) is 14.4 Å². The highest BCUT2D eigenvalue weighted by Crippen LogP contribution is 2.27. The van der Waals surface area contributed by atoms with Crippen molar-refractivity contribution in [3.8, 4) is 11.5 Å². The third-order valence-electron chi connectivity index (χ3n) is 5.50. The van der Waals surface area contributed by atoms with Crippen molar-refractivity contribution in [2.24, 2.45) is 0 Å². The van der Waals surface area contributed by atoms with Crippen molar-refractivity contribution in [1.82, 2.24) is 9.80 Å². The number of esters is 1. The van der Waals surface area contributed by atoms with Crippen LogP contribution >= 0.6 is 0 Å². The molecule has 0 aliphatic carbocycles. The summed E-state index contributed by atoms with van der Waals surface area (Å²) in [4.78, 5) is 40.9. The van der Waals surface area contributed by atoms with Crippen LogP contribution in [0.4, 0.5) is 0 Å². The minimum Gasteiger partial charge on any atom is -0.493 e. The molecule has 9 heteroatoms. The normalized spacial score (nSPS) is 10.7. The fraction of sp³-hybridized carbons (Fsp3) is 0.500. The summed E-state index contributed by atoms with van der Waals surface area (Å²) in [7, 11) is 3.16. The molecule has 0 aliphatic rings. The van der Waals surface area contributed by atoms with Crippen LogP contribution in [-0.4, -0.2) is 67.5 Å². The summed E-state index contributed by atoms with van der Waals surface area (Å²) in [5.74, 6) is 1.00. The molecule has 192 valence electrons. The molecular weight excluding hydrogens is 452 g/mol. The van der Waals surface area contributed by atoms with Crippen molar-refractivity contribution in [3.63, 3.8) is 0 Å². The molecule has 0 saturated carbocycles. The summed E-state index contributed by atoms with van der Waals surface area (Å²) >= 11 is 0. The van der Waals surface area contributed by atoms with Crippen molar-refractivity contribution in [3.05, 3.63) is 47.9 Å². The number of carbonyl (C=O) groups is 3. The molecule has 1 aromatic carbocycles. The summed E-state index contributed by atoms with van der Waals surface area (Å²) in [5.41, 5.74) is 0.978. The van der Waals surface area contributed by atoms with Gasteiger partial charge in [-0.05, 0) is 57.0 Å². The van der Waals surface area contributed by atoms with Crippen molar-refractivity contribution in [1.29, 1.82) is 0 Å². The topological polar surface area (TPSA) is 98.5 Å². The van der Waals surface area contributed by atoms with E-state index in [0.717, 1.165) is 5.56 Å². The zero-order chi connectivity index (χ0) is 25.8. The van der Waals surface area contributed by atoms with Crippen LogP contribution in [0.25, 0.3) is 0 Å². The van der Waals surface area contributed by atoms with Crippen molar-refractivity contribution in [2.75, 3.05) is 33.9 Å². The van der Waals surface area contributed by atoms with Gasteiger partial charge in [0.25, 0.3) is 0 Å². The van der Waals surface area contributed by atoms with Crippen LogP contribution in [0.15, 0.2) is 41.0 Å². The average molecular weight is 489 g/mol. The minimum absolute atomic E-state index is 0.00583. The van der Waals surface area contributed by atoms with Gasteiger partial charge in [0, 0.05) is 19.0 Å². The Morgan fingerprint density at radius 3 is 2.34 bits per heavy atom. The SMILES string of the molecule is CCOC(=O)CCC(=O)N(CC(=O)N(CCc1ccc(OC)c(OC)c1)Cc1ccco1)C(C)C. The second kappa shape index (κ2) is 14.0. The maximum atomic E-state index is 13.3. The monoisotopic (exact) mass is 488 g/mol. The predicted molar refractivity (Wildman–Crippen MR) is 130 cm³/mol. The van der Waals surface area contributed by atoms with Gasteiger partial charge in [-0.25, -0.2) is 0 Å². The van der Waals surface area contributed by atoms with E-state index < -0.39 is 5.97 Å². The molecule has 0 aliphatic heterocycles. The molecule has 0 saturated heterocycles. The smallest absolute Gasteiger partial charge is 0.306 e. The molecule has 2 amide bonds. The molecule has 0 bridgehead atoms. The lowest BCUT2D eigenvalue weighted by Crippen LogP contribution is -2.46. The Morgan fingerprint density at radius 1 is 1.00 bits per heavy atom. The van der Waals surface area contributed by atoms with Crippen molar-refractivity contribution >= 4 is 17.8 Å². The Balaban J connectivity index is 2.11. The van der Waals surface area contributed by atoms with Gasteiger partial charge >= 0.3 is 5.97 Å². The number of hydrogen-bond donors (Lipinski definition) is 0. The van der Waals surface area contributed by atoms with Gasteiger partial charge in [0.1, 0.15) is 5.76 Å². The van der Waals surface area contributed by atoms with Gasteiger partial charge in [0.05, 0.1) is 46.6 Å². The van der Waals surface area contributed by atoms with E-state index in [1.807, 2.05) is 32.0 Å². The molecule has 0 unspecified atom stereocenters. The standard InChI is InChI=1S/C26H36N2O7/c1-6-34-26(31)12-11-24(29)28(19(2)3)18-25(30)27(17-21-8-7-15-35-21)14-13-20-9-10-22(32-4)23(16-20)33-5/h7-10,15-16,19H,6,11-14,17-18H2,1-5H3. The Hall–Kier alpha value is -3.49. The first kappa shape index (κ1) is 27.8. The first-order valence-corrected chi connectivity index (χ1v) is 11.7. The predicted octanol–water partition coefficient (Wildman–Crippen LogP) is 3.45. The molecule has 1 aromatic heterocycles. The summed E-state index contributed by atoms with van der Waals surface area (Å²) in [6, 6.07) is 9.01. The van der Waals surface area contributed by atoms with Crippen LogP contribution in [0.3, 0.4) is 0 Å². The van der Waals surface area contributed by atoms with Gasteiger partial charge in [0.2, 0.25) is 11.8 Å². The molecule has 9 nitrogen and oxygen atoms in total. The minimum atomic E-state index is -0.426. The highest BCUT2D eigenvalue weighted by Gasteiger charge is 2.24. The van der Waals surface area contributed by atoms with Gasteiger partial charge in [-0.2, -0.15) is 0 Å². The Labute approximate surface area is 206 Å². The number of methoxy groups -OCH3 is 2. The molecule has 35 heavy (non-hydrogen) atoms. The van der Waals surface area contributed by atoms with Crippen LogP contribution in [-0.2, 0) is 32.1 Å². The van der Waals surface area contributed by atoms with E-state index in [1.165, 1.54) is 4.90 Å². The third-order valence-corrected chi connectivity index (χ3v) is 5.50. The van der Waals surface area contributed by atoms with Crippen LogP contribution in [0.2, 0.25) is 0 Å². The molecule has 0 spiro atoms. The first-order valence-electron chi connectivity index (χ1n) is 11.7. The van der Waals surface area contributed by atoms with Gasteiger partial charge < -0.3 is 28.4 Å². The molecule has 2 aromatic rings. The van der Waals surface area contributed by atoms with E-state index in [-0.39, 0.29) is 50.4 Å². The van der Waals surface area contributed by atoms with E-state index in [1.54, 1.807) is 44.4 Å². The Bertz CT molecular complexity index is 957. The number of furan rings is 1. The van der Waals surface area contributed by atoms with Gasteiger partial charge in [-0.1, -0.05) is 6.07 Å². The molecule has 2 rings (SSSR count). The zero-order valence-electron chi connectivity index (χ0n) is 21.2. The van der Waals surface area contributed by atoms with Gasteiger partial charge in [-0.15, -0.1) is 0 Å². The molecular formula is C26H36N2O7. The van der Waals surface area contributed by atoms with Crippen LogP contribution in [0.5, 0.6) is 11.5 Å². The number of rotatable bonds is 14. The quantitative estimate of drug-likeness (QED) is 0.376. The molecule has 0 atom stereocenters. The summed E-state index contributed by atoms with van der Waals surface area (Å²) in [6.07, 6.45) is 2.12. The number of amides is 2. The van der Waals surface area contributed by atoms with E-state index >= 15 is 0 Å². The fourth-order valence-electron chi connectivity index (χ4n) is 3.57. The summed E-state index contributed by atoms with van der Waals surface area (Å²) < 4.78 is 21.0. The van der Waals surface area contributed by atoms with Gasteiger partial charge in [-0.3, -0.25) is 14.4 Å². The Morgan fingerprint density at radius 2 is 1.74 bits per heavy atom. The second-order valence-corrected chi connectivity index (χ2v) is 8.25. The Kier molecular flexibility index (Phi) is 11.1. The molecule has 1 heterocycles. The fourth-order valence-corrected chi connectivity index (χ4v) is 3.57. The molecule has 0 N–H and O–H groups in total. The summed E-state index contributed by atoms with van der Waals surface area (Å²) in [5, 5.41) is 0. The average Bonchev–Trinajstić information content (AvgIpc) is 3.36. The lowest BCUT2D eigenvalue weighted by molar-refractivity contribution is -0.147. The van der Waals surface area contributed by atoms with E-state index in [2.05, 4.69) is 0 Å². The van der Waals surface area contributed by atoms with Gasteiger partial charge in [0.15, 0.2) is 11.5 Å². The number of ether oxygens (including phenoxy) is 3. The number of benzene rings is 1. The molecule has 0 radical (unpaired) electrons. The number of nitrogens with zero attached hydrogens (tertiary/aromatic N) is 2. The summed E-state index contributed by atoms with van der Waals surface area (Å²) in [6.45, 7) is 6.27. The van der Waals surface area contributed by atoms with E-state index in [4.69, 9.17) is 18.6 Å². The largest absolute Gasteiger partial charge is 0.493 e.